The van der Waals surface area contributed by atoms with Crippen molar-refractivity contribution >= 4 is 12.4 Å². The van der Waals surface area contributed by atoms with Gasteiger partial charge in [-0.3, -0.25) is 0 Å². The predicted molar refractivity (Wildman–Crippen MR) is 60.1 cm³/mol. The Kier molecular flexibility index (Phi) is 4.96. The first-order valence-electron chi connectivity index (χ1n) is 5.04. The van der Waals surface area contributed by atoms with Gasteiger partial charge in [-0.2, -0.15) is 0 Å². The second-order valence-corrected chi connectivity index (χ2v) is 3.75. The van der Waals surface area contributed by atoms with Gasteiger partial charge in [-0.05, 0) is 25.1 Å². The minimum Gasteiger partial charge on any atom is -0.493 e. The maximum absolute atomic E-state index is 12.8. The Morgan fingerprint density at radius 1 is 1.31 bits per heavy atom. The second kappa shape index (κ2) is 6.01. The molecule has 1 aromatic carbocycles. The van der Waals surface area contributed by atoms with Gasteiger partial charge in [0.05, 0.1) is 6.61 Å². The van der Waals surface area contributed by atoms with Crippen molar-refractivity contribution < 1.29 is 13.5 Å². The molecule has 0 aliphatic carbocycles. The molecule has 0 bridgehead atoms. The highest BCUT2D eigenvalue weighted by Crippen LogP contribution is 2.17. The van der Waals surface area contributed by atoms with Crippen LogP contribution in [0, 0.1) is 17.6 Å². The Morgan fingerprint density at radius 3 is 2.75 bits per heavy atom. The van der Waals surface area contributed by atoms with E-state index in [0.29, 0.717) is 18.3 Å². The number of hydrogen-bond donors (Lipinski definition) is 1. The molecule has 1 saturated heterocycles. The van der Waals surface area contributed by atoms with E-state index in [4.69, 9.17) is 4.74 Å². The lowest BCUT2D eigenvalue weighted by atomic mass is 10.1. The summed E-state index contributed by atoms with van der Waals surface area (Å²) in [6.07, 6.45) is 1.07. The fourth-order valence-electron chi connectivity index (χ4n) is 1.64. The zero-order valence-corrected chi connectivity index (χ0v) is 9.53. The van der Waals surface area contributed by atoms with Gasteiger partial charge in [0.1, 0.15) is 5.75 Å². The molecule has 2 nitrogen and oxygen atoms in total. The van der Waals surface area contributed by atoms with E-state index < -0.39 is 11.6 Å². The summed E-state index contributed by atoms with van der Waals surface area (Å²) < 4.78 is 30.8. The predicted octanol–water partition coefficient (Wildman–Crippen LogP) is 2.37. The molecule has 16 heavy (non-hydrogen) atoms. The molecular weight excluding hydrogens is 236 g/mol. The quantitative estimate of drug-likeness (QED) is 0.888. The number of rotatable bonds is 3. The van der Waals surface area contributed by atoms with Gasteiger partial charge < -0.3 is 10.1 Å². The average molecular weight is 250 g/mol. The number of nitrogens with one attached hydrogen (secondary N) is 1. The van der Waals surface area contributed by atoms with Crippen molar-refractivity contribution in [3.63, 3.8) is 0 Å². The zero-order chi connectivity index (χ0) is 10.7. The van der Waals surface area contributed by atoms with Crippen LogP contribution in [0.3, 0.4) is 0 Å². The normalized spacial score (nSPS) is 19.2. The molecule has 0 radical (unpaired) electrons. The Bertz CT molecular complexity index is 343. The molecule has 0 aromatic heterocycles. The summed E-state index contributed by atoms with van der Waals surface area (Å²) >= 11 is 0. The van der Waals surface area contributed by atoms with Gasteiger partial charge in [0, 0.05) is 18.5 Å². The molecule has 1 aromatic rings. The van der Waals surface area contributed by atoms with Crippen molar-refractivity contribution in [3.8, 4) is 5.75 Å². The van der Waals surface area contributed by atoms with Crippen LogP contribution in [0.1, 0.15) is 6.42 Å². The fourth-order valence-corrected chi connectivity index (χ4v) is 1.64. The van der Waals surface area contributed by atoms with Crippen LogP contribution in [0.25, 0.3) is 0 Å². The molecule has 90 valence electrons. The lowest BCUT2D eigenvalue weighted by Gasteiger charge is -2.10. The summed E-state index contributed by atoms with van der Waals surface area (Å²) in [4.78, 5) is 0. The largest absolute Gasteiger partial charge is 0.493 e. The van der Waals surface area contributed by atoms with E-state index in [9.17, 15) is 8.78 Å². The summed E-state index contributed by atoms with van der Waals surface area (Å²) in [6, 6.07) is 3.61. The number of halogens is 3. The van der Waals surface area contributed by atoms with Crippen LogP contribution in [0.5, 0.6) is 5.75 Å². The first-order chi connectivity index (χ1) is 7.25. The van der Waals surface area contributed by atoms with Crippen LogP contribution in [-0.4, -0.2) is 19.7 Å². The van der Waals surface area contributed by atoms with Gasteiger partial charge in [-0.15, -0.1) is 12.4 Å². The van der Waals surface area contributed by atoms with Gasteiger partial charge in [0.25, 0.3) is 0 Å². The summed E-state index contributed by atoms with van der Waals surface area (Å²) in [7, 11) is 0. The van der Waals surface area contributed by atoms with Gasteiger partial charge in [-0.1, -0.05) is 0 Å². The maximum atomic E-state index is 12.8. The van der Waals surface area contributed by atoms with Crippen LogP contribution < -0.4 is 10.1 Å². The van der Waals surface area contributed by atoms with E-state index in [1.54, 1.807) is 0 Å². The third kappa shape index (κ3) is 3.32. The first-order valence-corrected chi connectivity index (χ1v) is 5.04. The van der Waals surface area contributed by atoms with Gasteiger partial charge >= 0.3 is 0 Å². The zero-order valence-electron chi connectivity index (χ0n) is 8.71. The lowest BCUT2D eigenvalue weighted by Crippen LogP contribution is -2.15. The molecule has 2 rings (SSSR count). The van der Waals surface area contributed by atoms with Gasteiger partial charge in [-0.25, -0.2) is 8.78 Å². The average Bonchev–Trinajstić information content (AvgIpc) is 2.73. The summed E-state index contributed by atoms with van der Waals surface area (Å²) in [5, 5.41) is 3.22. The van der Waals surface area contributed by atoms with Crippen LogP contribution in [0.4, 0.5) is 8.78 Å². The second-order valence-electron chi connectivity index (χ2n) is 3.75. The van der Waals surface area contributed by atoms with Gasteiger partial charge in [0.2, 0.25) is 0 Å². The van der Waals surface area contributed by atoms with E-state index in [0.717, 1.165) is 31.6 Å². The topological polar surface area (TPSA) is 21.3 Å². The van der Waals surface area contributed by atoms with Crippen molar-refractivity contribution in [2.45, 2.75) is 6.42 Å². The highest BCUT2D eigenvalue weighted by Gasteiger charge is 2.15. The third-order valence-corrected chi connectivity index (χ3v) is 2.54. The molecule has 1 atom stereocenters. The van der Waals surface area contributed by atoms with Crippen LogP contribution in [-0.2, 0) is 0 Å². The monoisotopic (exact) mass is 249 g/mol. The maximum Gasteiger partial charge on any atom is 0.162 e. The lowest BCUT2D eigenvalue weighted by molar-refractivity contribution is 0.258. The SMILES string of the molecule is Cl.Fc1ccc(OCC2CCNC2)cc1F. The van der Waals surface area contributed by atoms with Crippen LogP contribution in [0.15, 0.2) is 18.2 Å². The summed E-state index contributed by atoms with van der Waals surface area (Å²) in [5.41, 5.74) is 0. The molecule has 0 amide bonds. The molecule has 1 aliphatic heterocycles. The van der Waals surface area contributed by atoms with Gasteiger partial charge in [0.15, 0.2) is 11.6 Å². The number of hydrogen-bond acceptors (Lipinski definition) is 2. The molecule has 1 N–H and O–H groups in total. The van der Waals surface area contributed by atoms with Crippen molar-refractivity contribution in [2.24, 2.45) is 5.92 Å². The van der Waals surface area contributed by atoms with Crippen LogP contribution >= 0.6 is 12.4 Å². The Morgan fingerprint density at radius 2 is 2.12 bits per heavy atom. The highest BCUT2D eigenvalue weighted by atomic mass is 35.5. The molecule has 1 heterocycles. The van der Waals surface area contributed by atoms with E-state index >= 15 is 0 Å². The minimum absolute atomic E-state index is 0. The third-order valence-electron chi connectivity index (χ3n) is 2.54. The fraction of sp³-hybridized carbons (Fsp3) is 0.455. The van der Waals surface area contributed by atoms with Crippen molar-refractivity contribution in [3.05, 3.63) is 29.8 Å². The highest BCUT2D eigenvalue weighted by molar-refractivity contribution is 5.85. The van der Waals surface area contributed by atoms with Crippen molar-refractivity contribution in [1.82, 2.24) is 5.32 Å². The summed E-state index contributed by atoms with van der Waals surface area (Å²) in [5.74, 6) is -0.846. The van der Waals surface area contributed by atoms with Crippen molar-refractivity contribution in [1.29, 1.82) is 0 Å². The molecule has 5 heteroatoms. The molecule has 1 fully saturated rings. The van der Waals surface area contributed by atoms with E-state index in [2.05, 4.69) is 5.32 Å². The minimum atomic E-state index is -0.864. The van der Waals surface area contributed by atoms with E-state index in [1.807, 2.05) is 0 Å². The summed E-state index contributed by atoms with van der Waals surface area (Å²) in [6.45, 7) is 2.49. The standard InChI is InChI=1S/C11H13F2NO.ClH/c12-10-2-1-9(5-11(10)13)15-7-8-3-4-14-6-8;/h1-2,5,8,14H,3-4,6-7H2;1H. The van der Waals surface area contributed by atoms with Crippen molar-refractivity contribution in [2.75, 3.05) is 19.7 Å². The number of benzene rings is 1. The Balaban J connectivity index is 0.00000128. The molecule has 0 spiro atoms. The molecule has 0 saturated carbocycles. The Hall–Kier alpha value is -0.870. The van der Waals surface area contributed by atoms with E-state index in [1.165, 1.54) is 6.07 Å². The smallest absolute Gasteiger partial charge is 0.162 e. The Labute approximate surface area is 99.4 Å². The molecule has 1 aliphatic rings. The first kappa shape index (κ1) is 13.2. The van der Waals surface area contributed by atoms with E-state index in [-0.39, 0.29) is 12.4 Å². The molecule has 1 unspecified atom stereocenters. The number of ether oxygens (including phenoxy) is 1. The van der Waals surface area contributed by atoms with Crippen LogP contribution in [0.2, 0.25) is 0 Å². The molecular formula is C11H14ClF2NO.